The number of benzene rings is 1. The number of nitro benzene ring substituents is 1. The third-order valence-electron chi connectivity index (χ3n) is 1.41. The quantitative estimate of drug-likeness (QED) is 0.443. The molecule has 6 heteroatoms. The van der Waals surface area contributed by atoms with Crippen LogP contribution in [0.15, 0.2) is 29.2 Å². The second kappa shape index (κ2) is 4.34. The molecule has 0 radical (unpaired) electrons. The maximum Gasteiger partial charge on any atom is 0.269 e. The Bertz CT molecular complexity index is 338. The van der Waals surface area contributed by atoms with E-state index in [1.165, 1.54) is 24.3 Å². The normalized spacial score (nSPS) is 12.4. The number of nitrogens with zero attached hydrogens (tertiary/aromatic N) is 1. The van der Waals surface area contributed by atoms with Gasteiger partial charge in [-0.3, -0.25) is 14.3 Å². The van der Waals surface area contributed by atoms with Gasteiger partial charge in [0.25, 0.3) is 5.69 Å². The Morgan fingerprint density at radius 2 is 1.92 bits per heavy atom. The Hall–Kier alpha value is -0.940. The van der Waals surface area contributed by atoms with Crippen molar-refractivity contribution < 1.29 is 9.13 Å². The number of hydrogen-bond acceptors (Lipinski definition) is 3. The van der Waals surface area contributed by atoms with Gasteiger partial charge in [0.2, 0.25) is 0 Å². The van der Waals surface area contributed by atoms with Gasteiger partial charge >= 0.3 is 0 Å². The molecule has 0 aliphatic carbocycles. The van der Waals surface area contributed by atoms with Gasteiger partial charge in [0.15, 0.2) is 0 Å². The topological polar surface area (TPSA) is 60.2 Å². The number of non-ortho nitro benzene ring substituents is 1. The van der Waals surface area contributed by atoms with Crippen LogP contribution in [0.4, 0.5) is 5.69 Å². The number of nitro groups is 1. The fraction of sp³-hybridized carbons (Fsp3) is 0.143. The zero-order valence-electron chi connectivity index (χ0n) is 6.47. The zero-order chi connectivity index (χ0) is 9.84. The highest BCUT2D eigenvalue weighted by molar-refractivity contribution is 7.86. The van der Waals surface area contributed by atoms with Crippen LogP contribution < -0.4 is 0 Å². The molecule has 0 aromatic heterocycles. The first-order chi connectivity index (χ1) is 6.15. The van der Waals surface area contributed by atoms with Crippen molar-refractivity contribution in [3.63, 3.8) is 0 Å². The van der Waals surface area contributed by atoms with Gasteiger partial charge in [-0.2, -0.15) is 0 Å². The second-order valence-corrected chi connectivity index (χ2v) is 4.24. The van der Waals surface area contributed by atoms with Gasteiger partial charge in [-0.15, -0.1) is 11.6 Å². The van der Waals surface area contributed by atoms with Crippen molar-refractivity contribution >= 4 is 28.1 Å². The first kappa shape index (κ1) is 10.1. The van der Waals surface area contributed by atoms with Crippen LogP contribution in [0.25, 0.3) is 0 Å². The molecule has 1 aromatic carbocycles. The molecule has 0 unspecified atom stereocenters. The summed E-state index contributed by atoms with van der Waals surface area (Å²) in [6.07, 6.45) is 0. The van der Waals surface area contributed by atoms with Crippen molar-refractivity contribution in [1.29, 1.82) is 0 Å². The van der Waals surface area contributed by atoms with Gasteiger partial charge in [-0.1, -0.05) is 0 Å². The van der Waals surface area contributed by atoms with Crippen LogP contribution in [-0.4, -0.2) is 14.3 Å². The monoisotopic (exact) mass is 219 g/mol. The Morgan fingerprint density at radius 3 is 2.31 bits per heavy atom. The molecule has 70 valence electrons. The second-order valence-electron chi connectivity index (χ2n) is 2.21. The van der Waals surface area contributed by atoms with E-state index in [4.69, 9.17) is 11.6 Å². The highest BCUT2D eigenvalue weighted by atomic mass is 35.5. The van der Waals surface area contributed by atoms with Crippen molar-refractivity contribution in [3.8, 4) is 0 Å². The van der Waals surface area contributed by atoms with Crippen LogP contribution in [0.2, 0.25) is 0 Å². The predicted octanol–water partition coefficient (Wildman–Crippen LogP) is 1.90. The van der Waals surface area contributed by atoms with Gasteiger partial charge in [-0.05, 0) is 12.1 Å². The van der Waals surface area contributed by atoms with Crippen LogP contribution >= 0.6 is 11.6 Å². The van der Waals surface area contributed by atoms with Gasteiger partial charge in [0, 0.05) is 17.0 Å². The van der Waals surface area contributed by atoms with E-state index in [-0.39, 0.29) is 10.9 Å². The molecule has 0 N–H and O–H groups in total. The highest BCUT2D eigenvalue weighted by Gasteiger charge is 2.06. The standard InChI is InChI=1S/C7H6ClNO3S/c8-5-13(12)7-3-1-6(2-4-7)9(10)11/h1-4H,5H2/t13-/m1/s1. The van der Waals surface area contributed by atoms with Crippen molar-refractivity contribution in [2.75, 3.05) is 5.21 Å². The molecule has 0 aliphatic heterocycles. The number of halogens is 1. The van der Waals surface area contributed by atoms with Crippen LogP contribution in [-0.2, 0) is 10.8 Å². The fourth-order valence-electron chi connectivity index (χ4n) is 0.783. The van der Waals surface area contributed by atoms with E-state index >= 15 is 0 Å². The number of hydrogen-bond donors (Lipinski definition) is 0. The lowest BCUT2D eigenvalue weighted by atomic mass is 10.3. The molecule has 4 nitrogen and oxygen atoms in total. The number of rotatable bonds is 3. The molecule has 0 saturated heterocycles. The third kappa shape index (κ3) is 2.50. The highest BCUT2D eigenvalue weighted by Crippen LogP contribution is 2.14. The maximum absolute atomic E-state index is 11.1. The van der Waals surface area contributed by atoms with Crippen molar-refractivity contribution in [2.45, 2.75) is 4.90 Å². The molecule has 0 amide bonds. The summed E-state index contributed by atoms with van der Waals surface area (Å²) >= 11 is 5.35. The number of alkyl halides is 1. The van der Waals surface area contributed by atoms with Gasteiger partial charge in [0.1, 0.15) is 5.21 Å². The molecule has 0 spiro atoms. The SMILES string of the molecule is O=[N+]([O-])c1ccc([S@](=O)CCl)cc1. The van der Waals surface area contributed by atoms with Crippen LogP contribution in [0.5, 0.6) is 0 Å². The molecule has 0 saturated carbocycles. The van der Waals surface area contributed by atoms with E-state index in [9.17, 15) is 14.3 Å². The first-order valence-electron chi connectivity index (χ1n) is 3.34. The lowest BCUT2D eigenvalue weighted by molar-refractivity contribution is -0.384. The predicted molar refractivity (Wildman–Crippen MR) is 50.2 cm³/mol. The van der Waals surface area contributed by atoms with E-state index in [0.29, 0.717) is 4.90 Å². The average molecular weight is 220 g/mol. The molecule has 1 rings (SSSR count). The van der Waals surface area contributed by atoms with E-state index in [1.807, 2.05) is 0 Å². The summed E-state index contributed by atoms with van der Waals surface area (Å²) in [6.45, 7) is 0. The Morgan fingerprint density at radius 1 is 1.38 bits per heavy atom. The van der Waals surface area contributed by atoms with E-state index in [0.717, 1.165) is 0 Å². The van der Waals surface area contributed by atoms with Gasteiger partial charge < -0.3 is 0 Å². The van der Waals surface area contributed by atoms with Crippen molar-refractivity contribution in [2.24, 2.45) is 0 Å². The third-order valence-corrected chi connectivity index (χ3v) is 3.00. The molecule has 0 heterocycles. The summed E-state index contributed by atoms with van der Waals surface area (Å²) in [7, 11) is -1.27. The lowest BCUT2D eigenvalue weighted by Crippen LogP contribution is -1.93. The van der Waals surface area contributed by atoms with Crippen molar-refractivity contribution in [1.82, 2.24) is 0 Å². The molecular formula is C7H6ClNO3S. The van der Waals surface area contributed by atoms with Crippen LogP contribution in [0.3, 0.4) is 0 Å². The zero-order valence-corrected chi connectivity index (χ0v) is 8.05. The molecule has 0 fully saturated rings. The van der Waals surface area contributed by atoms with Gasteiger partial charge in [-0.25, -0.2) is 0 Å². The lowest BCUT2D eigenvalue weighted by Gasteiger charge is -1.96. The fourth-order valence-corrected chi connectivity index (χ4v) is 1.73. The summed E-state index contributed by atoms with van der Waals surface area (Å²) in [5, 5.41) is 10.3. The molecule has 13 heavy (non-hydrogen) atoms. The van der Waals surface area contributed by atoms with E-state index < -0.39 is 15.7 Å². The van der Waals surface area contributed by atoms with Crippen LogP contribution in [0, 0.1) is 10.1 Å². The molecule has 1 aromatic rings. The Kier molecular flexibility index (Phi) is 3.39. The summed E-state index contributed by atoms with van der Waals surface area (Å²) in [5.74, 6) is 0. The van der Waals surface area contributed by atoms with E-state index in [1.54, 1.807) is 0 Å². The summed E-state index contributed by atoms with van der Waals surface area (Å²) in [5.41, 5.74) is -0.0182. The Labute approximate surface area is 82.1 Å². The van der Waals surface area contributed by atoms with Gasteiger partial charge in [0.05, 0.1) is 15.7 Å². The summed E-state index contributed by atoms with van der Waals surface area (Å²) < 4.78 is 11.1. The van der Waals surface area contributed by atoms with E-state index in [2.05, 4.69) is 0 Å². The molecular weight excluding hydrogens is 214 g/mol. The average Bonchev–Trinajstić information content (AvgIpc) is 2.17. The Balaban J connectivity index is 2.93. The minimum Gasteiger partial charge on any atom is -0.258 e. The minimum atomic E-state index is -1.27. The molecule has 0 bridgehead atoms. The molecule has 1 atom stereocenters. The maximum atomic E-state index is 11.1. The van der Waals surface area contributed by atoms with Crippen molar-refractivity contribution in [3.05, 3.63) is 34.4 Å². The first-order valence-corrected chi connectivity index (χ1v) is 5.19. The summed E-state index contributed by atoms with van der Waals surface area (Å²) in [4.78, 5) is 10.2. The molecule has 0 aliphatic rings. The minimum absolute atomic E-state index is 0.00217. The smallest absolute Gasteiger partial charge is 0.258 e. The largest absolute Gasteiger partial charge is 0.269 e. The summed E-state index contributed by atoms with van der Waals surface area (Å²) in [6, 6.07) is 5.49. The van der Waals surface area contributed by atoms with Crippen LogP contribution in [0.1, 0.15) is 0 Å².